The summed E-state index contributed by atoms with van der Waals surface area (Å²) in [6.45, 7) is 8.61. The number of para-hydroxylation sites is 2. The van der Waals surface area contributed by atoms with Crippen molar-refractivity contribution in [3.05, 3.63) is 169 Å². The van der Waals surface area contributed by atoms with Crippen LogP contribution < -0.4 is 15.0 Å². The number of halogens is 3. The number of nitrogens with one attached hydrogen (secondary N) is 1. The maximum atomic E-state index is 15.1. The Hall–Kier alpha value is -7.07. The first-order chi connectivity index (χ1) is 28.4. The Balaban J connectivity index is 1.16. The van der Waals surface area contributed by atoms with Crippen LogP contribution in [0.3, 0.4) is 0 Å². The molecule has 2 aromatic heterocycles. The summed E-state index contributed by atoms with van der Waals surface area (Å²) >= 11 is 0. The minimum absolute atomic E-state index is 0.245. The molecule has 59 heavy (non-hydrogen) atoms. The third-order valence-corrected chi connectivity index (χ3v) is 10.5. The highest BCUT2D eigenvalue weighted by molar-refractivity contribution is 6.09. The molecular formula is C49H41F3N4O3. The van der Waals surface area contributed by atoms with E-state index in [1.807, 2.05) is 97.2 Å². The van der Waals surface area contributed by atoms with E-state index in [-0.39, 0.29) is 17.7 Å². The van der Waals surface area contributed by atoms with Gasteiger partial charge in [-0.1, -0.05) is 113 Å². The maximum Gasteiger partial charge on any atom is 0.573 e. The first-order valence-electron chi connectivity index (χ1n) is 19.4. The van der Waals surface area contributed by atoms with Crippen molar-refractivity contribution < 1.29 is 27.5 Å². The maximum absolute atomic E-state index is 15.1. The number of rotatable bonds is 8. The second-order valence-corrected chi connectivity index (χ2v) is 15.0. The number of carbonyl (C=O) groups excluding carboxylic acids is 2. The molecule has 0 spiro atoms. The number of aromatic nitrogens is 2. The van der Waals surface area contributed by atoms with Gasteiger partial charge in [0.2, 0.25) is 0 Å². The number of hydrogen-bond acceptors (Lipinski definition) is 3. The van der Waals surface area contributed by atoms with Crippen LogP contribution in [0.1, 0.15) is 50.7 Å². The van der Waals surface area contributed by atoms with E-state index < -0.39 is 12.4 Å². The number of carbonyl (C=O) groups is 2. The summed E-state index contributed by atoms with van der Waals surface area (Å²) in [4.78, 5) is 30.4. The molecule has 0 atom stereocenters. The molecule has 10 heteroatoms. The lowest BCUT2D eigenvalue weighted by atomic mass is 9.92. The lowest BCUT2D eigenvalue weighted by molar-refractivity contribution is -0.274. The molecule has 296 valence electrons. The zero-order valence-corrected chi connectivity index (χ0v) is 32.9. The first kappa shape index (κ1) is 38.8. The van der Waals surface area contributed by atoms with Crippen molar-refractivity contribution in [3.8, 4) is 28.0 Å². The zero-order chi connectivity index (χ0) is 41.4. The highest BCUT2D eigenvalue weighted by Crippen LogP contribution is 2.38. The Morgan fingerprint density at radius 1 is 0.593 bits per heavy atom. The second-order valence-electron chi connectivity index (χ2n) is 15.0. The van der Waals surface area contributed by atoms with E-state index in [0.717, 1.165) is 56.2 Å². The van der Waals surface area contributed by atoms with E-state index in [4.69, 9.17) is 0 Å². The third kappa shape index (κ3) is 7.81. The molecule has 0 radical (unpaired) electrons. The van der Waals surface area contributed by atoms with Crippen LogP contribution in [0.25, 0.3) is 44.1 Å². The molecule has 6 aromatic carbocycles. The number of hydrogen-bond donors (Lipinski definition) is 1. The number of fused-ring (bicyclic) bond motifs is 2. The molecule has 8 rings (SSSR count). The number of anilines is 3. The lowest BCUT2D eigenvalue weighted by Crippen LogP contribution is -2.30. The van der Waals surface area contributed by atoms with Gasteiger partial charge in [0, 0.05) is 40.0 Å². The molecule has 0 unspecified atom stereocenters. The Bertz CT molecular complexity index is 2800. The highest BCUT2D eigenvalue weighted by Gasteiger charge is 2.31. The van der Waals surface area contributed by atoms with Crippen LogP contribution in [-0.4, -0.2) is 27.6 Å². The quantitative estimate of drug-likeness (QED) is 0.167. The molecule has 0 aliphatic heterocycles. The van der Waals surface area contributed by atoms with Gasteiger partial charge in [0.1, 0.15) is 5.75 Å². The van der Waals surface area contributed by atoms with Crippen LogP contribution in [0.5, 0.6) is 5.75 Å². The molecule has 2 amide bonds. The fraction of sp³-hybridized carbons (Fsp3) is 0.143. The number of nitrogens with zero attached hydrogens (tertiary/aromatic N) is 3. The van der Waals surface area contributed by atoms with Crippen molar-refractivity contribution in [3.63, 3.8) is 0 Å². The molecule has 0 saturated carbocycles. The van der Waals surface area contributed by atoms with E-state index in [2.05, 4.69) is 68.1 Å². The van der Waals surface area contributed by atoms with Crippen molar-refractivity contribution in [1.29, 1.82) is 0 Å². The molecule has 1 N–H and O–H groups in total. The molecule has 0 fully saturated rings. The van der Waals surface area contributed by atoms with Gasteiger partial charge in [-0.05, 0) is 94.8 Å². The Kier molecular flexibility index (Phi) is 10.3. The Morgan fingerprint density at radius 2 is 1.14 bits per heavy atom. The van der Waals surface area contributed by atoms with Crippen molar-refractivity contribution in [2.45, 2.75) is 45.9 Å². The molecule has 0 aliphatic rings. The van der Waals surface area contributed by atoms with Gasteiger partial charge in [-0.25, -0.2) is 9.59 Å². The standard InChI is InChI=1S/C49H41F3N4O3/c1-31(2)33-17-23-36(24-18-33)56(48(58)55-30-44(42-14-8-10-16-46(42)55)40-12-6-5-11-39(40)32(3)4)37-25-19-34(20-26-37)43-29-54(45-15-9-7-13-41(43)45)47(57)53-35-21-27-38(28-22-35)59-49(50,51)52/h5-32H,1-4H3,(H,53,57). The molecule has 7 nitrogen and oxygen atoms in total. The second kappa shape index (κ2) is 15.7. The van der Waals surface area contributed by atoms with E-state index in [1.165, 1.54) is 22.3 Å². The van der Waals surface area contributed by atoms with Gasteiger partial charge in [-0.3, -0.25) is 14.0 Å². The van der Waals surface area contributed by atoms with Gasteiger partial charge in [0.15, 0.2) is 0 Å². The fourth-order valence-corrected chi connectivity index (χ4v) is 7.58. The summed E-state index contributed by atoms with van der Waals surface area (Å²) in [6.07, 6.45) is -1.15. The number of ether oxygens (including phenoxy) is 1. The van der Waals surface area contributed by atoms with Gasteiger partial charge < -0.3 is 10.1 Å². The van der Waals surface area contributed by atoms with Gasteiger partial charge in [0.05, 0.1) is 22.4 Å². The first-order valence-corrected chi connectivity index (χ1v) is 19.4. The minimum Gasteiger partial charge on any atom is -0.406 e. The topological polar surface area (TPSA) is 68.5 Å². The summed E-state index contributed by atoms with van der Waals surface area (Å²) in [5.74, 6) is 0.205. The van der Waals surface area contributed by atoms with Crippen LogP contribution in [0.15, 0.2) is 158 Å². The third-order valence-electron chi connectivity index (χ3n) is 10.5. The van der Waals surface area contributed by atoms with E-state index in [0.29, 0.717) is 28.5 Å². The number of benzene rings is 6. The van der Waals surface area contributed by atoms with Crippen molar-refractivity contribution in [2.75, 3.05) is 10.2 Å². The summed E-state index contributed by atoms with van der Waals surface area (Å²) in [5.41, 5.74) is 9.10. The van der Waals surface area contributed by atoms with E-state index in [9.17, 15) is 18.0 Å². The molecule has 0 bridgehead atoms. The van der Waals surface area contributed by atoms with Crippen LogP contribution >= 0.6 is 0 Å². The molecule has 2 heterocycles. The molecular weight excluding hydrogens is 750 g/mol. The SMILES string of the molecule is CC(C)c1ccc(N(C(=O)n2cc(-c3ccccc3C(C)C)c3ccccc32)c2ccc(-c3cn(C(=O)Nc4ccc(OC(F)(F)F)cc4)c4ccccc34)cc2)cc1. The normalized spacial score (nSPS) is 11.7. The van der Waals surface area contributed by atoms with Crippen molar-refractivity contribution in [1.82, 2.24) is 9.13 Å². The van der Waals surface area contributed by atoms with Crippen LogP contribution in [-0.2, 0) is 0 Å². The van der Waals surface area contributed by atoms with E-state index >= 15 is 4.79 Å². The van der Waals surface area contributed by atoms with E-state index in [1.54, 1.807) is 15.7 Å². The monoisotopic (exact) mass is 790 g/mol. The van der Waals surface area contributed by atoms with Crippen molar-refractivity contribution >= 4 is 50.9 Å². The Morgan fingerprint density at radius 3 is 1.75 bits per heavy atom. The number of alkyl halides is 3. The predicted octanol–water partition coefficient (Wildman–Crippen LogP) is 14.0. The Labute approximate surface area is 339 Å². The summed E-state index contributed by atoms with van der Waals surface area (Å²) < 4.78 is 45.2. The lowest BCUT2D eigenvalue weighted by Gasteiger charge is -2.24. The average Bonchev–Trinajstić information content (AvgIpc) is 3.81. The predicted molar refractivity (Wildman–Crippen MR) is 230 cm³/mol. The summed E-state index contributed by atoms with van der Waals surface area (Å²) in [6, 6.07) is 43.7. The minimum atomic E-state index is -4.82. The zero-order valence-electron chi connectivity index (χ0n) is 32.9. The van der Waals surface area contributed by atoms with Crippen LogP contribution in [0.4, 0.5) is 39.8 Å². The highest BCUT2D eigenvalue weighted by atomic mass is 19.4. The van der Waals surface area contributed by atoms with Gasteiger partial charge >= 0.3 is 18.4 Å². The van der Waals surface area contributed by atoms with Gasteiger partial charge in [0.25, 0.3) is 0 Å². The fourth-order valence-electron chi connectivity index (χ4n) is 7.58. The molecule has 0 aliphatic carbocycles. The molecule has 8 aromatic rings. The summed E-state index contributed by atoms with van der Waals surface area (Å²) in [7, 11) is 0. The average molecular weight is 791 g/mol. The van der Waals surface area contributed by atoms with Gasteiger partial charge in [-0.15, -0.1) is 13.2 Å². The van der Waals surface area contributed by atoms with Gasteiger partial charge in [-0.2, -0.15) is 0 Å². The largest absolute Gasteiger partial charge is 0.573 e. The van der Waals surface area contributed by atoms with Crippen LogP contribution in [0, 0.1) is 0 Å². The molecule has 0 saturated heterocycles. The summed E-state index contributed by atoms with van der Waals surface area (Å²) in [5, 5.41) is 4.55. The van der Waals surface area contributed by atoms with Crippen LogP contribution in [0.2, 0.25) is 0 Å². The van der Waals surface area contributed by atoms with Crippen molar-refractivity contribution in [2.24, 2.45) is 0 Å². The smallest absolute Gasteiger partial charge is 0.406 e. The number of amides is 2.